The van der Waals surface area contributed by atoms with E-state index in [1.165, 1.54) is 12.3 Å². The number of hydrogen-bond donors (Lipinski definition) is 1. The second kappa shape index (κ2) is 6.31. The fraction of sp³-hybridized carbons (Fsp3) is 0.267. The van der Waals surface area contributed by atoms with Crippen LogP contribution in [0.5, 0.6) is 0 Å². The topological polar surface area (TPSA) is 54.9 Å². The molecule has 0 atom stereocenters. The number of nitrogens with one attached hydrogen (secondary N) is 1. The number of nitrogens with zero attached hydrogens (tertiary/aromatic N) is 2. The summed E-state index contributed by atoms with van der Waals surface area (Å²) in [6, 6.07) is 3.39. The third-order valence-corrected chi connectivity index (χ3v) is 2.95. The number of carbonyl (C=O) groups is 1. The minimum Gasteiger partial charge on any atom is -0.324 e. The number of carbonyl (C=O) groups excluding carboxylic acids is 1. The van der Waals surface area contributed by atoms with Gasteiger partial charge in [0, 0.05) is 17.7 Å². The predicted molar refractivity (Wildman–Crippen MR) is 75.9 cm³/mol. The molecule has 4 nitrogen and oxygen atoms in total. The van der Waals surface area contributed by atoms with E-state index in [0.717, 1.165) is 18.3 Å². The van der Waals surface area contributed by atoms with E-state index in [9.17, 15) is 22.4 Å². The van der Waals surface area contributed by atoms with Crippen molar-refractivity contribution in [1.82, 2.24) is 9.97 Å². The van der Waals surface area contributed by atoms with Gasteiger partial charge in [-0.15, -0.1) is 0 Å². The molecule has 0 aliphatic rings. The molecular weight excluding hydrogens is 314 g/mol. The maximum atomic E-state index is 13.2. The van der Waals surface area contributed by atoms with Gasteiger partial charge in [0.05, 0.1) is 17.6 Å². The fourth-order valence-corrected chi connectivity index (χ4v) is 1.77. The molecule has 0 aliphatic carbocycles. The van der Waals surface area contributed by atoms with Gasteiger partial charge in [0.2, 0.25) is 5.91 Å². The minimum absolute atomic E-state index is 0.0909. The number of hydrogen-bond acceptors (Lipinski definition) is 3. The van der Waals surface area contributed by atoms with E-state index in [1.807, 2.05) is 0 Å². The lowest BCUT2D eigenvalue weighted by Crippen LogP contribution is -2.21. The quantitative estimate of drug-likeness (QED) is 0.870. The van der Waals surface area contributed by atoms with E-state index in [2.05, 4.69) is 15.3 Å². The van der Waals surface area contributed by atoms with Crippen molar-refractivity contribution >= 4 is 11.6 Å². The highest BCUT2D eigenvalue weighted by atomic mass is 19.4. The molecule has 0 unspecified atom stereocenters. The van der Waals surface area contributed by atoms with Crippen LogP contribution in [-0.2, 0) is 11.0 Å². The number of amides is 1. The summed E-state index contributed by atoms with van der Waals surface area (Å²) in [7, 11) is 0. The number of rotatable bonds is 3. The molecule has 0 fully saturated rings. The smallest absolute Gasteiger partial charge is 0.324 e. The molecule has 1 N–H and O–H groups in total. The van der Waals surface area contributed by atoms with Crippen molar-refractivity contribution in [2.24, 2.45) is 5.92 Å². The van der Waals surface area contributed by atoms with Gasteiger partial charge in [-0.1, -0.05) is 13.8 Å². The molecule has 2 aromatic rings. The molecule has 0 radical (unpaired) electrons. The van der Waals surface area contributed by atoms with Gasteiger partial charge in [-0.05, 0) is 18.2 Å². The number of halogens is 4. The van der Waals surface area contributed by atoms with Crippen LogP contribution < -0.4 is 5.32 Å². The zero-order valence-corrected chi connectivity index (χ0v) is 12.3. The molecule has 0 aromatic carbocycles. The van der Waals surface area contributed by atoms with E-state index in [1.54, 1.807) is 13.8 Å². The molecule has 2 heterocycles. The van der Waals surface area contributed by atoms with E-state index in [-0.39, 0.29) is 11.3 Å². The van der Waals surface area contributed by atoms with Crippen molar-refractivity contribution < 1.29 is 22.4 Å². The molecule has 1 amide bonds. The molecule has 122 valence electrons. The first-order chi connectivity index (χ1) is 10.7. The highest BCUT2D eigenvalue weighted by Crippen LogP contribution is 2.35. The van der Waals surface area contributed by atoms with Crippen molar-refractivity contribution in [3.05, 3.63) is 42.1 Å². The third kappa shape index (κ3) is 4.02. The van der Waals surface area contributed by atoms with Crippen LogP contribution in [0.4, 0.5) is 23.2 Å². The van der Waals surface area contributed by atoms with Crippen molar-refractivity contribution in [1.29, 1.82) is 0 Å². The Morgan fingerprint density at radius 1 is 1.22 bits per heavy atom. The monoisotopic (exact) mass is 327 g/mol. The first kappa shape index (κ1) is 16.9. The van der Waals surface area contributed by atoms with Gasteiger partial charge in [0.25, 0.3) is 0 Å². The van der Waals surface area contributed by atoms with Crippen LogP contribution in [0.15, 0.2) is 30.6 Å². The first-order valence-electron chi connectivity index (χ1n) is 6.68. The summed E-state index contributed by atoms with van der Waals surface area (Å²) in [5.74, 6) is -1.73. The normalized spacial score (nSPS) is 11.6. The number of alkyl halides is 3. The first-order valence-corrected chi connectivity index (χ1v) is 6.68. The van der Waals surface area contributed by atoms with Gasteiger partial charge in [-0.2, -0.15) is 13.2 Å². The summed E-state index contributed by atoms with van der Waals surface area (Å²) >= 11 is 0. The Balaban J connectivity index is 2.48. The van der Waals surface area contributed by atoms with Crippen LogP contribution >= 0.6 is 0 Å². The fourth-order valence-electron chi connectivity index (χ4n) is 1.77. The summed E-state index contributed by atoms with van der Waals surface area (Å²) in [4.78, 5) is 18.7. The molecule has 23 heavy (non-hydrogen) atoms. The van der Waals surface area contributed by atoms with Gasteiger partial charge in [0.1, 0.15) is 5.82 Å². The Labute approximate surface area is 129 Å². The lowest BCUT2D eigenvalue weighted by atomic mass is 10.1. The van der Waals surface area contributed by atoms with Gasteiger partial charge in [0.15, 0.2) is 5.69 Å². The standard InChI is InChI=1S/C15H13F4N3O/c1-8(2)14(23)22-12-4-3-11(21-13(12)15(17,18)19)9-5-10(16)7-20-6-9/h3-8H,1-2H3,(H,22,23). The van der Waals surface area contributed by atoms with Crippen molar-refractivity contribution in [3.63, 3.8) is 0 Å². The van der Waals surface area contributed by atoms with Gasteiger partial charge >= 0.3 is 6.18 Å². The zero-order valence-electron chi connectivity index (χ0n) is 12.3. The van der Waals surface area contributed by atoms with Crippen molar-refractivity contribution in [2.75, 3.05) is 5.32 Å². The molecule has 2 aromatic heterocycles. The second-order valence-corrected chi connectivity index (χ2v) is 5.13. The molecule has 0 saturated carbocycles. The summed E-state index contributed by atoms with van der Waals surface area (Å²) < 4.78 is 52.7. The lowest BCUT2D eigenvalue weighted by Gasteiger charge is -2.15. The highest BCUT2D eigenvalue weighted by Gasteiger charge is 2.36. The Kier molecular flexibility index (Phi) is 4.63. The second-order valence-electron chi connectivity index (χ2n) is 5.13. The van der Waals surface area contributed by atoms with Crippen LogP contribution in [-0.4, -0.2) is 15.9 Å². The van der Waals surface area contributed by atoms with E-state index < -0.39 is 35.2 Å². The zero-order chi connectivity index (χ0) is 17.2. The summed E-state index contributed by atoms with van der Waals surface area (Å²) in [5, 5.41) is 2.20. The minimum atomic E-state index is -4.77. The number of aromatic nitrogens is 2. The SMILES string of the molecule is CC(C)C(=O)Nc1ccc(-c2cncc(F)c2)nc1C(F)(F)F. The Bertz CT molecular complexity index is 729. The van der Waals surface area contributed by atoms with Crippen molar-refractivity contribution in [3.8, 4) is 11.3 Å². The Hall–Kier alpha value is -2.51. The molecule has 0 bridgehead atoms. The van der Waals surface area contributed by atoms with Gasteiger partial charge in [-0.3, -0.25) is 9.78 Å². The molecule has 2 rings (SSSR count). The maximum Gasteiger partial charge on any atom is 0.435 e. The molecular formula is C15H13F4N3O. The third-order valence-electron chi connectivity index (χ3n) is 2.95. The molecule has 0 aliphatic heterocycles. The van der Waals surface area contributed by atoms with Crippen molar-refractivity contribution in [2.45, 2.75) is 20.0 Å². The average Bonchev–Trinajstić information content (AvgIpc) is 2.46. The van der Waals surface area contributed by atoms with Crippen LogP contribution in [0, 0.1) is 11.7 Å². The lowest BCUT2D eigenvalue weighted by molar-refractivity contribution is -0.140. The molecule has 8 heteroatoms. The summed E-state index contributed by atoms with van der Waals surface area (Å²) in [5.41, 5.74) is -1.67. The molecule has 0 saturated heterocycles. The highest BCUT2D eigenvalue weighted by molar-refractivity contribution is 5.92. The van der Waals surface area contributed by atoms with E-state index in [4.69, 9.17) is 0 Å². The van der Waals surface area contributed by atoms with E-state index in [0.29, 0.717) is 0 Å². The predicted octanol–water partition coefficient (Wildman–Crippen LogP) is 3.90. The maximum absolute atomic E-state index is 13.2. The van der Waals surface area contributed by atoms with Crippen LogP contribution in [0.2, 0.25) is 0 Å². The van der Waals surface area contributed by atoms with Crippen LogP contribution in [0.3, 0.4) is 0 Å². The molecule has 0 spiro atoms. The van der Waals surface area contributed by atoms with Gasteiger partial charge in [-0.25, -0.2) is 9.37 Å². The summed E-state index contributed by atoms with van der Waals surface area (Å²) in [6.45, 7) is 3.12. The largest absolute Gasteiger partial charge is 0.435 e. The van der Waals surface area contributed by atoms with Crippen LogP contribution in [0.1, 0.15) is 19.5 Å². The Morgan fingerprint density at radius 3 is 2.48 bits per heavy atom. The Morgan fingerprint density at radius 2 is 1.91 bits per heavy atom. The van der Waals surface area contributed by atoms with Crippen LogP contribution in [0.25, 0.3) is 11.3 Å². The number of pyridine rings is 2. The van der Waals surface area contributed by atoms with E-state index >= 15 is 0 Å². The number of anilines is 1. The average molecular weight is 327 g/mol. The van der Waals surface area contributed by atoms with Gasteiger partial charge < -0.3 is 5.32 Å². The summed E-state index contributed by atoms with van der Waals surface area (Å²) in [6.07, 6.45) is -2.63.